The molecule has 7 nitrogen and oxygen atoms in total. The van der Waals surface area contributed by atoms with Crippen molar-refractivity contribution in [3.63, 3.8) is 0 Å². The number of carbonyl (C=O) groups is 2. The number of nitrogens with two attached hydrogens (primary N) is 1. The smallest absolute Gasteiger partial charge is 0.326 e. The summed E-state index contributed by atoms with van der Waals surface area (Å²) in [7, 11) is -3.19. The normalized spacial score (nSPS) is 15.0. The first kappa shape index (κ1) is 17.8. The predicted octanol–water partition coefficient (Wildman–Crippen LogP) is -0.636. The molecule has 1 unspecified atom stereocenters. The minimum absolute atomic E-state index is 0.0291. The van der Waals surface area contributed by atoms with Gasteiger partial charge in [-0.3, -0.25) is 4.79 Å². The van der Waals surface area contributed by atoms with E-state index in [-0.39, 0.29) is 18.1 Å². The van der Waals surface area contributed by atoms with E-state index in [0.717, 1.165) is 6.26 Å². The van der Waals surface area contributed by atoms with Crippen LogP contribution in [0.1, 0.15) is 26.7 Å². The van der Waals surface area contributed by atoms with Crippen molar-refractivity contribution in [2.45, 2.75) is 38.8 Å². The largest absolute Gasteiger partial charge is 0.480 e. The zero-order chi connectivity index (χ0) is 15.2. The first-order chi connectivity index (χ1) is 8.53. The fourth-order valence-electron chi connectivity index (χ4n) is 1.44. The lowest BCUT2D eigenvalue weighted by atomic mass is 10.0. The summed E-state index contributed by atoms with van der Waals surface area (Å²) in [6.45, 7) is 3.68. The molecule has 112 valence electrons. The summed E-state index contributed by atoms with van der Waals surface area (Å²) < 4.78 is 21.9. The Morgan fingerprint density at radius 3 is 2.21 bits per heavy atom. The molecule has 0 aliphatic rings. The van der Waals surface area contributed by atoms with E-state index < -0.39 is 33.8 Å². The van der Waals surface area contributed by atoms with Gasteiger partial charge < -0.3 is 16.2 Å². The molecule has 4 N–H and O–H groups in total. The van der Waals surface area contributed by atoms with Crippen LogP contribution >= 0.6 is 0 Å². The molecule has 0 spiro atoms. The molecule has 0 rings (SSSR count). The van der Waals surface area contributed by atoms with Gasteiger partial charge in [0.1, 0.15) is 15.9 Å². The molecule has 0 aromatic heterocycles. The zero-order valence-electron chi connectivity index (χ0n) is 11.4. The molecular formula is C11H22N2O5S. The maximum Gasteiger partial charge on any atom is 0.326 e. The minimum Gasteiger partial charge on any atom is -0.480 e. The number of hydrogen-bond acceptors (Lipinski definition) is 5. The van der Waals surface area contributed by atoms with E-state index in [1.807, 2.05) is 13.8 Å². The Morgan fingerprint density at radius 1 is 1.32 bits per heavy atom. The number of hydrogen-bond donors (Lipinski definition) is 3. The molecule has 0 fully saturated rings. The Hall–Kier alpha value is -1.15. The van der Waals surface area contributed by atoms with E-state index in [9.17, 15) is 18.0 Å². The maximum absolute atomic E-state index is 11.7. The molecule has 0 aromatic carbocycles. The van der Waals surface area contributed by atoms with E-state index in [1.165, 1.54) is 0 Å². The number of aliphatic carboxylic acids is 1. The topological polar surface area (TPSA) is 127 Å². The van der Waals surface area contributed by atoms with Crippen LogP contribution in [0.15, 0.2) is 0 Å². The van der Waals surface area contributed by atoms with Crippen LogP contribution in [0.5, 0.6) is 0 Å². The third-order valence-electron chi connectivity index (χ3n) is 2.46. The summed E-state index contributed by atoms with van der Waals surface area (Å²) in [5.41, 5.74) is 5.53. The molecule has 0 saturated carbocycles. The highest BCUT2D eigenvalue weighted by Gasteiger charge is 2.24. The van der Waals surface area contributed by atoms with E-state index in [4.69, 9.17) is 10.8 Å². The van der Waals surface area contributed by atoms with Crippen LogP contribution in [-0.4, -0.2) is 49.5 Å². The minimum atomic E-state index is -3.19. The molecule has 0 heterocycles. The lowest BCUT2D eigenvalue weighted by Gasteiger charge is -2.19. The highest BCUT2D eigenvalue weighted by molar-refractivity contribution is 7.90. The summed E-state index contributed by atoms with van der Waals surface area (Å²) >= 11 is 0. The standard InChI is InChI=1S/C11H22N2O5S/c1-7(2)6-9(11(15)16)13-10(14)8(12)4-5-19(3,17)18/h7-9H,4-6,12H2,1-3H3,(H,13,14)(H,15,16)/t8?,9-/m0/s1. The summed E-state index contributed by atoms with van der Waals surface area (Å²) in [5.74, 6) is -1.87. The zero-order valence-corrected chi connectivity index (χ0v) is 12.2. The molecule has 0 aliphatic heterocycles. The van der Waals surface area contributed by atoms with Gasteiger partial charge in [-0.05, 0) is 18.8 Å². The third-order valence-corrected chi connectivity index (χ3v) is 3.44. The van der Waals surface area contributed by atoms with Crippen molar-refractivity contribution >= 4 is 21.7 Å². The molecule has 0 aromatic rings. The van der Waals surface area contributed by atoms with E-state index >= 15 is 0 Å². The number of rotatable bonds is 8. The number of nitrogens with one attached hydrogen (secondary N) is 1. The molecular weight excluding hydrogens is 272 g/mol. The van der Waals surface area contributed by atoms with E-state index in [1.54, 1.807) is 0 Å². The van der Waals surface area contributed by atoms with Crippen molar-refractivity contribution in [2.24, 2.45) is 11.7 Å². The fourth-order valence-corrected chi connectivity index (χ4v) is 2.13. The van der Waals surface area contributed by atoms with Crippen molar-refractivity contribution in [3.05, 3.63) is 0 Å². The average molecular weight is 294 g/mol. The van der Waals surface area contributed by atoms with Crippen LogP contribution in [0.25, 0.3) is 0 Å². The second kappa shape index (κ2) is 7.44. The molecule has 19 heavy (non-hydrogen) atoms. The molecule has 0 aliphatic carbocycles. The third kappa shape index (κ3) is 8.55. The fraction of sp³-hybridized carbons (Fsp3) is 0.818. The van der Waals surface area contributed by atoms with Crippen LogP contribution in [0.2, 0.25) is 0 Å². The van der Waals surface area contributed by atoms with Crippen molar-refractivity contribution in [1.82, 2.24) is 5.32 Å². The van der Waals surface area contributed by atoms with Crippen LogP contribution in [-0.2, 0) is 19.4 Å². The summed E-state index contributed by atoms with van der Waals surface area (Å²) in [4.78, 5) is 22.6. The number of amides is 1. The maximum atomic E-state index is 11.7. The lowest BCUT2D eigenvalue weighted by Crippen LogP contribution is -2.49. The van der Waals surface area contributed by atoms with Crippen LogP contribution in [0.4, 0.5) is 0 Å². The average Bonchev–Trinajstić information content (AvgIpc) is 2.22. The lowest BCUT2D eigenvalue weighted by molar-refractivity contribution is -0.142. The predicted molar refractivity (Wildman–Crippen MR) is 71.3 cm³/mol. The van der Waals surface area contributed by atoms with Gasteiger partial charge in [-0.25, -0.2) is 13.2 Å². The van der Waals surface area contributed by atoms with Gasteiger partial charge in [0, 0.05) is 6.26 Å². The van der Waals surface area contributed by atoms with E-state index in [2.05, 4.69) is 5.32 Å². The molecule has 0 saturated heterocycles. The highest BCUT2D eigenvalue weighted by Crippen LogP contribution is 2.05. The number of sulfone groups is 1. The van der Waals surface area contributed by atoms with Gasteiger partial charge in [-0.15, -0.1) is 0 Å². The van der Waals surface area contributed by atoms with Gasteiger partial charge in [0.2, 0.25) is 5.91 Å². The SMILES string of the molecule is CC(C)C[C@H](NC(=O)C(N)CCS(C)(=O)=O)C(=O)O. The van der Waals surface area contributed by atoms with Crippen molar-refractivity contribution in [1.29, 1.82) is 0 Å². The van der Waals surface area contributed by atoms with Crippen LogP contribution in [0, 0.1) is 5.92 Å². The van der Waals surface area contributed by atoms with Crippen LogP contribution < -0.4 is 11.1 Å². The number of carboxylic acids is 1. The Bertz CT molecular complexity index is 419. The quantitative estimate of drug-likeness (QED) is 0.547. The monoisotopic (exact) mass is 294 g/mol. The van der Waals surface area contributed by atoms with Crippen molar-refractivity contribution < 1.29 is 23.1 Å². The Kier molecular flexibility index (Phi) is 6.99. The summed E-state index contributed by atoms with van der Waals surface area (Å²) in [6.07, 6.45) is 1.31. The van der Waals surface area contributed by atoms with Gasteiger partial charge in [-0.2, -0.15) is 0 Å². The van der Waals surface area contributed by atoms with Gasteiger partial charge in [0.05, 0.1) is 11.8 Å². The summed E-state index contributed by atoms with van der Waals surface area (Å²) in [6, 6.07) is -2.03. The van der Waals surface area contributed by atoms with Gasteiger partial charge >= 0.3 is 5.97 Å². The van der Waals surface area contributed by atoms with Gasteiger partial charge in [0.25, 0.3) is 0 Å². The van der Waals surface area contributed by atoms with Gasteiger partial charge in [0.15, 0.2) is 0 Å². The Balaban J connectivity index is 4.43. The Morgan fingerprint density at radius 2 is 1.84 bits per heavy atom. The molecule has 0 bridgehead atoms. The molecule has 0 radical (unpaired) electrons. The first-order valence-electron chi connectivity index (χ1n) is 5.99. The van der Waals surface area contributed by atoms with Gasteiger partial charge in [-0.1, -0.05) is 13.8 Å². The highest BCUT2D eigenvalue weighted by atomic mass is 32.2. The number of carboxylic acid groups (broad SMARTS) is 1. The summed E-state index contributed by atoms with van der Waals surface area (Å²) in [5, 5.41) is 11.3. The second-order valence-corrected chi connectivity index (χ2v) is 7.31. The molecule has 2 atom stereocenters. The first-order valence-corrected chi connectivity index (χ1v) is 8.05. The van der Waals surface area contributed by atoms with Crippen molar-refractivity contribution in [3.8, 4) is 0 Å². The van der Waals surface area contributed by atoms with E-state index in [0.29, 0.717) is 6.42 Å². The second-order valence-electron chi connectivity index (χ2n) is 5.05. The van der Waals surface area contributed by atoms with Crippen LogP contribution in [0.3, 0.4) is 0 Å². The van der Waals surface area contributed by atoms with Crippen molar-refractivity contribution in [2.75, 3.05) is 12.0 Å². The number of carbonyl (C=O) groups excluding carboxylic acids is 1. The Labute approximate surface area is 113 Å². The molecule has 8 heteroatoms. The molecule has 1 amide bonds.